The molecule has 0 aromatic heterocycles. The molecule has 2 aliphatic rings. The van der Waals surface area contributed by atoms with Crippen molar-refractivity contribution in [1.29, 1.82) is 0 Å². The molecule has 0 bridgehead atoms. The van der Waals surface area contributed by atoms with Crippen LogP contribution in [0.3, 0.4) is 0 Å². The molecule has 0 spiro atoms. The van der Waals surface area contributed by atoms with Crippen LogP contribution >= 0.6 is 0 Å². The van der Waals surface area contributed by atoms with E-state index in [0.29, 0.717) is 0 Å². The first-order valence-corrected chi connectivity index (χ1v) is 9.66. The van der Waals surface area contributed by atoms with Crippen LogP contribution in [-0.4, -0.2) is 54.5 Å². The van der Waals surface area contributed by atoms with Crippen LogP contribution in [0.5, 0.6) is 0 Å². The largest absolute Gasteiger partial charge is 0.357 e. The van der Waals surface area contributed by atoms with Crippen molar-refractivity contribution in [1.82, 2.24) is 15.1 Å². The lowest BCUT2D eigenvalue weighted by molar-refractivity contribution is 0.249. The van der Waals surface area contributed by atoms with Crippen molar-refractivity contribution < 1.29 is 0 Å². The Kier molecular flexibility index (Phi) is 6.13. The van der Waals surface area contributed by atoms with E-state index in [9.17, 15) is 0 Å². The number of likely N-dealkylation sites (tertiary alicyclic amines) is 2. The normalized spacial score (nSPS) is 22.3. The van der Waals surface area contributed by atoms with Gasteiger partial charge in [0.1, 0.15) is 0 Å². The van der Waals surface area contributed by atoms with E-state index in [2.05, 4.69) is 53.2 Å². The molecule has 0 aliphatic carbocycles. The van der Waals surface area contributed by atoms with Crippen molar-refractivity contribution >= 4 is 5.96 Å². The molecule has 2 aliphatic heterocycles. The van der Waals surface area contributed by atoms with Crippen LogP contribution < -0.4 is 5.32 Å². The monoisotopic (exact) mass is 328 g/mol. The molecular formula is C20H32N4. The van der Waals surface area contributed by atoms with Crippen LogP contribution in [0.1, 0.15) is 44.2 Å². The fourth-order valence-corrected chi connectivity index (χ4v) is 3.98. The minimum Gasteiger partial charge on any atom is -0.357 e. The predicted octanol–water partition coefficient (Wildman–Crippen LogP) is 2.88. The maximum Gasteiger partial charge on any atom is 0.194 e. The van der Waals surface area contributed by atoms with Gasteiger partial charge in [-0.15, -0.1) is 0 Å². The third kappa shape index (κ3) is 4.10. The van der Waals surface area contributed by atoms with Gasteiger partial charge in [-0.25, -0.2) is 4.99 Å². The first-order chi connectivity index (χ1) is 11.8. The number of hydrogen-bond donors (Lipinski definition) is 1. The lowest BCUT2D eigenvalue weighted by atomic mass is 10.1. The Morgan fingerprint density at radius 1 is 1.12 bits per heavy atom. The molecule has 1 N–H and O–H groups in total. The Morgan fingerprint density at radius 2 is 1.88 bits per heavy atom. The summed E-state index contributed by atoms with van der Waals surface area (Å²) in [6.45, 7) is 10.9. The molecule has 24 heavy (non-hydrogen) atoms. The summed E-state index contributed by atoms with van der Waals surface area (Å²) < 4.78 is 0. The summed E-state index contributed by atoms with van der Waals surface area (Å²) in [6.07, 6.45) is 5.09. The van der Waals surface area contributed by atoms with Crippen molar-refractivity contribution in [3.05, 3.63) is 35.4 Å². The molecule has 1 aromatic rings. The molecule has 132 valence electrons. The Morgan fingerprint density at radius 3 is 2.58 bits per heavy atom. The topological polar surface area (TPSA) is 30.9 Å². The van der Waals surface area contributed by atoms with Crippen molar-refractivity contribution in [2.45, 2.75) is 52.1 Å². The number of guanidine groups is 1. The summed E-state index contributed by atoms with van der Waals surface area (Å²) in [6, 6.07) is 9.40. The molecule has 2 fully saturated rings. The standard InChI is InChI=1S/C20H32N4/c1-3-17-9-5-6-10-18(17)15-22-20(21-4-2)24-14-11-19(16-24)23-12-7-8-13-23/h5-6,9-10,19H,3-4,7-8,11-16H2,1-2H3,(H,21,22). The van der Waals surface area contributed by atoms with Crippen molar-refractivity contribution in [3.8, 4) is 0 Å². The van der Waals surface area contributed by atoms with Gasteiger partial charge >= 0.3 is 0 Å². The highest BCUT2D eigenvalue weighted by atomic mass is 15.3. The number of hydrogen-bond acceptors (Lipinski definition) is 2. The Bertz CT molecular complexity index is 548. The van der Waals surface area contributed by atoms with Gasteiger partial charge in [0.05, 0.1) is 6.54 Å². The first-order valence-electron chi connectivity index (χ1n) is 9.66. The van der Waals surface area contributed by atoms with Crippen LogP contribution in [0, 0.1) is 0 Å². The SMILES string of the molecule is CCNC(=NCc1ccccc1CC)N1CCC(N2CCCC2)C1. The van der Waals surface area contributed by atoms with Gasteiger partial charge < -0.3 is 10.2 Å². The lowest BCUT2D eigenvalue weighted by Crippen LogP contribution is -2.42. The summed E-state index contributed by atoms with van der Waals surface area (Å²) in [5.74, 6) is 1.09. The van der Waals surface area contributed by atoms with Crippen molar-refractivity contribution in [2.75, 3.05) is 32.7 Å². The summed E-state index contributed by atoms with van der Waals surface area (Å²) in [4.78, 5) is 10.1. The zero-order valence-electron chi connectivity index (χ0n) is 15.3. The average Bonchev–Trinajstić information content (AvgIpc) is 3.29. The number of aliphatic imine (C=N–C) groups is 1. The molecular weight excluding hydrogens is 296 g/mol. The molecule has 2 saturated heterocycles. The van der Waals surface area contributed by atoms with E-state index in [1.165, 1.54) is 43.5 Å². The summed E-state index contributed by atoms with van der Waals surface area (Å²) in [7, 11) is 0. The van der Waals surface area contributed by atoms with Gasteiger partial charge in [-0.1, -0.05) is 31.2 Å². The molecule has 0 radical (unpaired) electrons. The summed E-state index contributed by atoms with van der Waals surface area (Å²) >= 11 is 0. The van der Waals surface area contributed by atoms with Crippen LogP contribution in [0.4, 0.5) is 0 Å². The van der Waals surface area contributed by atoms with E-state index in [0.717, 1.165) is 44.6 Å². The predicted molar refractivity (Wildman–Crippen MR) is 101 cm³/mol. The third-order valence-electron chi connectivity index (χ3n) is 5.35. The van der Waals surface area contributed by atoms with Gasteiger partial charge in [0, 0.05) is 25.7 Å². The quantitative estimate of drug-likeness (QED) is 0.666. The van der Waals surface area contributed by atoms with Gasteiger partial charge in [-0.2, -0.15) is 0 Å². The maximum atomic E-state index is 4.95. The first kappa shape index (κ1) is 17.3. The highest BCUT2D eigenvalue weighted by Crippen LogP contribution is 2.20. The second kappa shape index (κ2) is 8.52. The van der Waals surface area contributed by atoms with E-state index in [1.54, 1.807) is 0 Å². The molecule has 1 aromatic carbocycles. The van der Waals surface area contributed by atoms with E-state index in [1.807, 2.05) is 0 Å². The van der Waals surface area contributed by atoms with Gasteiger partial charge in [0.2, 0.25) is 0 Å². The molecule has 4 nitrogen and oxygen atoms in total. The molecule has 1 unspecified atom stereocenters. The molecule has 4 heteroatoms. The number of nitrogens with one attached hydrogen (secondary N) is 1. The Labute approximate surface area is 146 Å². The minimum absolute atomic E-state index is 0.722. The van der Waals surface area contributed by atoms with Gasteiger partial charge in [-0.05, 0) is 56.8 Å². The van der Waals surface area contributed by atoms with Crippen LogP contribution in [0.15, 0.2) is 29.3 Å². The molecule has 0 amide bonds. The maximum absolute atomic E-state index is 4.95. The number of benzene rings is 1. The summed E-state index contributed by atoms with van der Waals surface area (Å²) in [5.41, 5.74) is 2.76. The zero-order valence-corrected chi connectivity index (χ0v) is 15.3. The van der Waals surface area contributed by atoms with Crippen LogP contribution in [0.2, 0.25) is 0 Å². The van der Waals surface area contributed by atoms with Crippen molar-refractivity contribution in [2.24, 2.45) is 4.99 Å². The Hall–Kier alpha value is -1.55. The van der Waals surface area contributed by atoms with Gasteiger partial charge in [0.25, 0.3) is 0 Å². The minimum atomic E-state index is 0.722. The second-order valence-corrected chi connectivity index (χ2v) is 6.92. The van der Waals surface area contributed by atoms with Crippen LogP contribution in [0.25, 0.3) is 0 Å². The van der Waals surface area contributed by atoms with E-state index >= 15 is 0 Å². The summed E-state index contributed by atoms with van der Waals surface area (Å²) in [5, 5.41) is 3.50. The highest BCUT2D eigenvalue weighted by molar-refractivity contribution is 5.80. The smallest absolute Gasteiger partial charge is 0.194 e. The third-order valence-corrected chi connectivity index (χ3v) is 5.35. The Balaban J connectivity index is 1.65. The van der Waals surface area contributed by atoms with Crippen LogP contribution in [-0.2, 0) is 13.0 Å². The van der Waals surface area contributed by atoms with E-state index in [4.69, 9.17) is 4.99 Å². The van der Waals surface area contributed by atoms with E-state index < -0.39 is 0 Å². The highest BCUT2D eigenvalue weighted by Gasteiger charge is 2.30. The average molecular weight is 329 g/mol. The lowest BCUT2D eigenvalue weighted by Gasteiger charge is -2.25. The fraction of sp³-hybridized carbons (Fsp3) is 0.650. The number of nitrogens with zero attached hydrogens (tertiary/aromatic N) is 3. The fourth-order valence-electron chi connectivity index (χ4n) is 3.98. The number of rotatable bonds is 5. The zero-order chi connectivity index (χ0) is 16.8. The molecule has 2 heterocycles. The molecule has 3 rings (SSSR count). The number of aryl methyl sites for hydroxylation is 1. The van der Waals surface area contributed by atoms with E-state index in [-0.39, 0.29) is 0 Å². The molecule has 1 atom stereocenters. The van der Waals surface area contributed by atoms with Crippen molar-refractivity contribution in [3.63, 3.8) is 0 Å². The molecule has 0 saturated carbocycles. The van der Waals surface area contributed by atoms with Gasteiger partial charge in [-0.3, -0.25) is 4.90 Å². The van der Waals surface area contributed by atoms with Gasteiger partial charge in [0.15, 0.2) is 5.96 Å². The second-order valence-electron chi connectivity index (χ2n) is 6.92.